The van der Waals surface area contributed by atoms with E-state index in [-0.39, 0.29) is 11.9 Å². The molecule has 8 heteroatoms. The van der Waals surface area contributed by atoms with Crippen molar-refractivity contribution in [3.8, 4) is 5.19 Å². The molecule has 198 valence electrons. The zero-order valence-corrected chi connectivity index (χ0v) is 22.5. The summed E-state index contributed by atoms with van der Waals surface area (Å²) in [5, 5.41) is 6.16. The summed E-state index contributed by atoms with van der Waals surface area (Å²) in [7, 11) is 1.91. The van der Waals surface area contributed by atoms with Crippen molar-refractivity contribution in [2.24, 2.45) is 18.9 Å². The van der Waals surface area contributed by atoms with Gasteiger partial charge in [0.2, 0.25) is 0 Å². The van der Waals surface area contributed by atoms with Gasteiger partial charge in [0.15, 0.2) is 5.78 Å². The summed E-state index contributed by atoms with van der Waals surface area (Å²) >= 11 is 1.67. The van der Waals surface area contributed by atoms with E-state index in [0.29, 0.717) is 25.2 Å². The Morgan fingerprint density at radius 3 is 2.73 bits per heavy atom. The monoisotopic (exact) mass is 524 g/mol. The topological polar surface area (TPSA) is 60.2 Å². The van der Waals surface area contributed by atoms with Crippen molar-refractivity contribution in [1.82, 2.24) is 19.7 Å². The van der Waals surface area contributed by atoms with Gasteiger partial charge in [0, 0.05) is 67.8 Å². The summed E-state index contributed by atoms with van der Waals surface area (Å²) in [6.45, 7) is 3.28. The highest BCUT2D eigenvalue weighted by Crippen LogP contribution is 2.35. The fourth-order valence-electron chi connectivity index (χ4n) is 6.27. The van der Waals surface area contributed by atoms with E-state index < -0.39 is 6.17 Å². The van der Waals surface area contributed by atoms with Crippen LogP contribution >= 0.6 is 11.3 Å². The van der Waals surface area contributed by atoms with E-state index >= 15 is 0 Å². The quantitative estimate of drug-likeness (QED) is 0.350. The van der Waals surface area contributed by atoms with Gasteiger partial charge in [-0.15, -0.1) is 0 Å². The number of hydrogen-bond acceptors (Lipinski definition) is 6. The van der Waals surface area contributed by atoms with Gasteiger partial charge in [-0.05, 0) is 50.1 Å². The molecule has 0 N–H and O–H groups in total. The van der Waals surface area contributed by atoms with Crippen LogP contribution < -0.4 is 4.74 Å². The molecular weight excluding hydrogens is 487 g/mol. The van der Waals surface area contributed by atoms with Crippen LogP contribution in [0.1, 0.15) is 72.3 Å². The average molecular weight is 525 g/mol. The number of fused-ring (bicyclic) bond motifs is 2. The van der Waals surface area contributed by atoms with Crippen LogP contribution in [0.25, 0.3) is 10.9 Å². The first-order chi connectivity index (χ1) is 18.0. The number of thiazole rings is 1. The van der Waals surface area contributed by atoms with Crippen LogP contribution in [0, 0.1) is 11.8 Å². The van der Waals surface area contributed by atoms with E-state index in [2.05, 4.69) is 10.00 Å². The number of ketones is 1. The number of carbonyl (C=O) groups is 1. The highest BCUT2D eigenvalue weighted by molar-refractivity contribution is 7.13. The van der Waals surface area contributed by atoms with E-state index in [0.717, 1.165) is 72.9 Å². The molecule has 3 aliphatic rings. The summed E-state index contributed by atoms with van der Waals surface area (Å²) in [6.07, 6.45) is 11.0. The number of rotatable bonds is 8. The van der Waals surface area contributed by atoms with E-state index in [1.165, 1.54) is 29.8 Å². The van der Waals surface area contributed by atoms with Crippen molar-refractivity contribution in [3.05, 3.63) is 40.5 Å². The average Bonchev–Trinajstić information content (AvgIpc) is 3.39. The number of aryl methyl sites for hydroxylation is 1. The molecule has 2 aromatic heterocycles. The predicted octanol–water partition coefficient (Wildman–Crippen LogP) is 5.78. The molecule has 6 nitrogen and oxygen atoms in total. The molecule has 0 spiro atoms. The normalized spacial score (nSPS) is 26.4. The van der Waals surface area contributed by atoms with Gasteiger partial charge in [-0.3, -0.25) is 9.48 Å². The van der Waals surface area contributed by atoms with Crippen molar-refractivity contribution in [2.45, 2.75) is 76.5 Å². The van der Waals surface area contributed by atoms with Crippen LogP contribution in [0.4, 0.5) is 4.39 Å². The molecule has 37 heavy (non-hydrogen) atoms. The van der Waals surface area contributed by atoms with Crippen LogP contribution in [-0.4, -0.2) is 57.4 Å². The fourth-order valence-corrected chi connectivity index (χ4v) is 7.28. The van der Waals surface area contributed by atoms with Crippen molar-refractivity contribution in [2.75, 3.05) is 19.6 Å². The third kappa shape index (κ3) is 5.75. The van der Waals surface area contributed by atoms with E-state index in [1.54, 1.807) is 16.0 Å². The van der Waals surface area contributed by atoms with E-state index in [4.69, 9.17) is 9.72 Å². The predicted molar refractivity (Wildman–Crippen MR) is 144 cm³/mol. The second kappa shape index (κ2) is 10.8. The summed E-state index contributed by atoms with van der Waals surface area (Å²) in [5.74, 6) is 1.54. The summed E-state index contributed by atoms with van der Waals surface area (Å²) in [5.41, 5.74) is 2.91. The minimum Gasteiger partial charge on any atom is -0.466 e. The zero-order valence-electron chi connectivity index (χ0n) is 21.7. The van der Waals surface area contributed by atoms with Crippen molar-refractivity contribution < 1.29 is 13.9 Å². The molecule has 0 radical (unpaired) electrons. The van der Waals surface area contributed by atoms with Gasteiger partial charge in [0.05, 0.1) is 11.2 Å². The lowest BCUT2D eigenvalue weighted by Crippen LogP contribution is -2.34. The van der Waals surface area contributed by atoms with Crippen molar-refractivity contribution in [1.29, 1.82) is 0 Å². The summed E-state index contributed by atoms with van der Waals surface area (Å²) in [6, 6.07) is 5.88. The second-order valence-electron chi connectivity index (χ2n) is 11.3. The molecule has 2 aliphatic carbocycles. The van der Waals surface area contributed by atoms with Gasteiger partial charge < -0.3 is 9.64 Å². The lowest BCUT2D eigenvalue weighted by Gasteiger charge is -2.30. The Balaban J connectivity index is 0.929. The van der Waals surface area contributed by atoms with Gasteiger partial charge >= 0.3 is 0 Å². The van der Waals surface area contributed by atoms with Crippen LogP contribution in [0.2, 0.25) is 0 Å². The first-order valence-corrected chi connectivity index (χ1v) is 14.8. The Hall–Kier alpha value is -2.32. The number of nitrogens with zero attached hydrogens (tertiary/aromatic N) is 4. The van der Waals surface area contributed by atoms with Gasteiger partial charge in [-0.2, -0.15) is 5.10 Å². The first-order valence-electron chi connectivity index (χ1n) is 14.0. The maximum Gasteiger partial charge on any atom is 0.273 e. The molecule has 3 heterocycles. The van der Waals surface area contributed by atoms with E-state index in [9.17, 15) is 9.18 Å². The SMILES string of the molecule is Cn1cc2c(C(=O)CC3CCC(CCN4CCc5nc(OC6CC(F)C6)sc5CC4)CC3)cccc2n1. The number of ether oxygens (including phenoxy) is 1. The maximum atomic E-state index is 13.1. The number of alkyl halides is 1. The Morgan fingerprint density at radius 2 is 1.92 bits per heavy atom. The molecule has 6 rings (SSSR count). The number of benzene rings is 1. The smallest absolute Gasteiger partial charge is 0.273 e. The zero-order chi connectivity index (χ0) is 25.4. The van der Waals surface area contributed by atoms with Gasteiger partial charge in [-0.1, -0.05) is 36.3 Å². The third-order valence-electron chi connectivity index (χ3n) is 8.64. The van der Waals surface area contributed by atoms with Gasteiger partial charge in [-0.25, -0.2) is 9.37 Å². The summed E-state index contributed by atoms with van der Waals surface area (Å²) < 4.78 is 20.7. The number of aromatic nitrogens is 3. The minimum absolute atomic E-state index is 0.0185. The molecule has 1 aliphatic heterocycles. The third-order valence-corrected chi connectivity index (χ3v) is 9.69. The molecule has 1 aromatic carbocycles. The number of Topliss-reactive ketones (excluding diaryl/α,β-unsaturated/α-hetero) is 1. The highest BCUT2D eigenvalue weighted by atomic mass is 32.1. The Kier molecular flexibility index (Phi) is 7.30. The molecule has 3 aromatic rings. The van der Waals surface area contributed by atoms with E-state index in [1.807, 2.05) is 31.4 Å². The van der Waals surface area contributed by atoms with Gasteiger partial charge in [0.1, 0.15) is 12.3 Å². The number of carbonyl (C=O) groups excluding carboxylic acids is 1. The molecule has 0 bridgehead atoms. The molecule has 0 saturated heterocycles. The Labute approximate surface area is 222 Å². The molecule has 0 amide bonds. The highest BCUT2D eigenvalue weighted by Gasteiger charge is 2.32. The number of halogens is 1. The first kappa shape index (κ1) is 25.0. The molecule has 2 fully saturated rings. The van der Waals surface area contributed by atoms with Crippen molar-refractivity contribution in [3.63, 3.8) is 0 Å². The molecule has 0 unspecified atom stereocenters. The lowest BCUT2D eigenvalue weighted by molar-refractivity contribution is 0.0407. The Morgan fingerprint density at radius 1 is 1.14 bits per heavy atom. The fraction of sp³-hybridized carbons (Fsp3) is 0.621. The minimum atomic E-state index is -0.693. The number of hydrogen-bond donors (Lipinski definition) is 0. The summed E-state index contributed by atoms with van der Waals surface area (Å²) in [4.78, 5) is 21.8. The molecular formula is C29H37FN4O2S. The Bertz CT molecular complexity index is 1220. The second-order valence-corrected chi connectivity index (χ2v) is 12.4. The maximum absolute atomic E-state index is 13.1. The largest absolute Gasteiger partial charge is 0.466 e. The lowest BCUT2D eigenvalue weighted by atomic mass is 9.78. The van der Waals surface area contributed by atoms with Crippen LogP contribution in [0.3, 0.4) is 0 Å². The van der Waals surface area contributed by atoms with Crippen LogP contribution in [0.15, 0.2) is 24.4 Å². The molecule has 0 atom stereocenters. The van der Waals surface area contributed by atoms with Crippen LogP contribution in [-0.2, 0) is 19.9 Å². The molecule has 2 saturated carbocycles. The van der Waals surface area contributed by atoms with Gasteiger partial charge in [0.25, 0.3) is 5.19 Å². The van der Waals surface area contributed by atoms with Crippen LogP contribution in [0.5, 0.6) is 5.19 Å². The standard InChI is InChI=1S/C29H37FN4O2S/c1-33-18-24-23(3-2-4-25(24)32-33)27(35)15-20-7-5-19(6-8-20)9-12-34-13-10-26-28(11-14-34)37-29(31-26)36-22-16-21(30)17-22/h2-4,18-22H,5-17H2,1H3. The van der Waals surface area contributed by atoms with Crippen molar-refractivity contribution >= 4 is 28.0 Å².